The fourth-order valence-corrected chi connectivity index (χ4v) is 3.16. The van der Waals surface area contributed by atoms with E-state index in [9.17, 15) is 14.4 Å². The van der Waals surface area contributed by atoms with Gasteiger partial charge in [0.15, 0.2) is 0 Å². The number of hydrogen-bond donors (Lipinski definition) is 2. The van der Waals surface area contributed by atoms with Gasteiger partial charge < -0.3 is 10.1 Å². The van der Waals surface area contributed by atoms with Crippen LogP contribution in [0.5, 0.6) is 5.75 Å². The number of nitrogens with one attached hydrogen (secondary N) is 2. The summed E-state index contributed by atoms with van der Waals surface area (Å²) in [6.07, 6.45) is 0. The number of rotatable bonds is 5. The van der Waals surface area contributed by atoms with E-state index in [1.165, 1.54) is 6.07 Å². The van der Waals surface area contributed by atoms with Gasteiger partial charge in [-0.3, -0.25) is 9.59 Å². The van der Waals surface area contributed by atoms with Crippen molar-refractivity contribution in [3.63, 3.8) is 0 Å². The number of hydrogen-bond acceptors (Lipinski definition) is 5. The highest BCUT2D eigenvalue weighted by Crippen LogP contribution is 2.23. The second-order valence-electron chi connectivity index (χ2n) is 6.90. The van der Waals surface area contributed by atoms with Crippen LogP contribution in [0.2, 0.25) is 10.0 Å². The van der Waals surface area contributed by atoms with E-state index in [2.05, 4.69) is 15.8 Å². The molecule has 3 aromatic carbocycles. The molecule has 0 aromatic heterocycles. The van der Waals surface area contributed by atoms with Gasteiger partial charge >= 0.3 is 17.8 Å². The summed E-state index contributed by atoms with van der Waals surface area (Å²) in [4.78, 5) is 36.9. The zero-order valence-electron chi connectivity index (χ0n) is 17.7. The molecular weight excluding hydrogens is 465 g/mol. The lowest BCUT2D eigenvalue weighted by molar-refractivity contribution is -0.136. The normalized spacial score (nSPS) is 11.0. The van der Waals surface area contributed by atoms with E-state index in [1.807, 2.05) is 0 Å². The van der Waals surface area contributed by atoms with Crippen molar-refractivity contribution in [3.8, 4) is 5.75 Å². The first-order valence-electron chi connectivity index (χ1n) is 9.74. The van der Waals surface area contributed by atoms with Crippen LogP contribution in [0.25, 0.3) is 0 Å². The molecule has 0 aliphatic heterocycles. The van der Waals surface area contributed by atoms with Crippen molar-refractivity contribution in [1.29, 1.82) is 0 Å². The molecule has 0 aliphatic carbocycles. The molecule has 0 saturated heterocycles. The Morgan fingerprint density at radius 2 is 1.64 bits per heavy atom. The van der Waals surface area contributed by atoms with Crippen molar-refractivity contribution in [2.24, 2.45) is 5.10 Å². The maximum Gasteiger partial charge on any atom is 0.343 e. The molecule has 0 aliphatic rings. The van der Waals surface area contributed by atoms with Crippen LogP contribution in [0.1, 0.15) is 28.4 Å². The third-order valence-corrected chi connectivity index (χ3v) is 5.23. The molecular formula is C24H19Cl2N3O4. The van der Waals surface area contributed by atoms with E-state index in [0.717, 1.165) is 0 Å². The number of halogens is 2. The Kier molecular flexibility index (Phi) is 7.82. The average Bonchev–Trinajstić information content (AvgIpc) is 2.80. The largest absolute Gasteiger partial charge is 0.422 e. The van der Waals surface area contributed by atoms with Crippen molar-refractivity contribution in [1.82, 2.24) is 5.43 Å². The number of hydrazone groups is 1. The number of ether oxygens (including phenoxy) is 1. The first kappa shape index (κ1) is 24.0. The van der Waals surface area contributed by atoms with Gasteiger partial charge in [0.1, 0.15) is 5.75 Å². The number of amides is 2. The maximum atomic E-state index is 12.5. The Morgan fingerprint density at radius 3 is 2.39 bits per heavy atom. The van der Waals surface area contributed by atoms with Gasteiger partial charge in [-0.1, -0.05) is 47.5 Å². The molecule has 3 rings (SSSR count). The summed E-state index contributed by atoms with van der Waals surface area (Å²) in [5, 5.41) is 7.33. The zero-order chi connectivity index (χ0) is 24.0. The number of nitrogens with zero attached hydrogens (tertiary/aromatic N) is 1. The van der Waals surface area contributed by atoms with Gasteiger partial charge in [0, 0.05) is 21.3 Å². The number of para-hydroxylation sites is 1. The van der Waals surface area contributed by atoms with Crippen LogP contribution in [0.4, 0.5) is 5.69 Å². The summed E-state index contributed by atoms with van der Waals surface area (Å²) in [5.74, 6) is -2.24. The van der Waals surface area contributed by atoms with E-state index in [0.29, 0.717) is 32.6 Å². The summed E-state index contributed by atoms with van der Waals surface area (Å²) in [5.41, 5.74) is 4.32. The van der Waals surface area contributed by atoms with Crippen LogP contribution in [0.3, 0.4) is 0 Å². The Labute approximate surface area is 200 Å². The van der Waals surface area contributed by atoms with E-state index in [-0.39, 0.29) is 11.3 Å². The van der Waals surface area contributed by atoms with Gasteiger partial charge in [-0.2, -0.15) is 5.10 Å². The molecule has 33 heavy (non-hydrogen) atoms. The second-order valence-corrected chi connectivity index (χ2v) is 7.74. The molecule has 7 nitrogen and oxygen atoms in total. The molecule has 0 saturated carbocycles. The molecule has 0 spiro atoms. The molecule has 2 N–H and O–H groups in total. The summed E-state index contributed by atoms with van der Waals surface area (Å²) in [6.45, 7) is 3.32. The molecule has 3 aromatic rings. The van der Waals surface area contributed by atoms with Crippen molar-refractivity contribution in [3.05, 3.63) is 93.5 Å². The van der Waals surface area contributed by atoms with Crippen LogP contribution < -0.4 is 15.5 Å². The highest BCUT2D eigenvalue weighted by Gasteiger charge is 2.17. The minimum atomic E-state index is -0.970. The Hall–Kier alpha value is -3.68. The molecule has 0 bridgehead atoms. The smallest absolute Gasteiger partial charge is 0.343 e. The third kappa shape index (κ3) is 6.19. The van der Waals surface area contributed by atoms with Crippen LogP contribution in [-0.4, -0.2) is 23.5 Å². The van der Waals surface area contributed by atoms with Crippen LogP contribution >= 0.6 is 23.2 Å². The van der Waals surface area contributed by atoms with E-state index < -0.39 is 17.8 Å². The van der Waals surface area contributed by atoms with Gasteiger partial charge in [-0.15, -0.1) is 0 Å². The molecule has 2 amide bonds. The fourth-order valence-electron chi connectivity index (χ4n) is 2.80. The van der Waals surface area contributed by atoms with Gasteiger partial charge in [0.25, 0.3) is 0 Å². The first-order valence-corrected chi connectivity index (χ1v) is 10.5. The quantitative estimate of drug-likeness (QED) is 0.175. The summed E-state index contributed by atoms with van der Waals surface area (Å²) >= 11 is 12.0. The number of esters is 1. The van der Waals surface area contributed by atoms with Gasteiger partial charge in [-0.25, -0.2) is 10.2 Å². The number of anilines is 1. The lowest BCUT2D eigenvalue weighted by Crippen LogP contribution is -2.33. The number of benzene rings is 3. The van der Waals surface area contributed by atoms with Crippen LogP contribution in [-0.2, 0) is 9.59 Å². The van der Waals surface area contributed by atoms with E-state index in [1.54, 1.807) is 74.5 Å². The van der Waals surface area contributed by atoms with Crippen molar-refractivity contribution in [2.45, 2.75) is 13.8 Å². The molecule has 0 fully saturated rings. The van der Waals surface area contributed by atoms with Gasteiger partial charge in [0.05, 0.1) is 11.3 Å². The van der Waals surface area contributed by atoms with Crippen molar-refractivity contribution < 1.29 is 19.1 Å². The molecule has 0 unspecified atom stereocenters. The number of carbonyl (C=O) groups is 3. The lowest BCUT2D eigenvalue weighted by atomic mass is 10.1. The predicted octanol–water partition coefficient (Wildman–Crippen LogP) is 5.00. The van der Waals surface area contributed by atoms with E-state index >= 15 is 0 Å². The molecule has 168 valence electrons. The zero-order valence-corrected chi connectivity index (χ0v) is 19.2. The first-order chi connectivity index (χ1) is 15.8. The minimum absolute atomic E-state index is 0.233. The average molecular weight is 484 g/mol. The standard InChI is InChI=1S/C24H19Cl2N3O4/c1-14-19(26)10-6-11-20(14)27-22(30)23(31)29-28-15(2)18-9-3-4-12-21(18)33-24(32)16-7-5-8-17(25)13-16/h3-13H,1-2H3,(H,27,30)(H,29,31)/b28-15+. The SMILES string of the molecule is C/C(=N\NC(=O)C(=O)Nc1cccc(Cl)c1C)c1ccccc1OC(=O)c1cccc(Cl)c1. The van der Waals surface area contributed by atoms with Crippen molar-refractivity contribution >= 4 is 52.4 Å². The Bertz CT molecular complexity index is 1260. The highest BCUT2D eigenvalue weighted by molar-refractivity contribution is 6.40. The van der Waals surface area contributed by atoms with Crippen molar-refractivity contribution in [2.75, 3.05) is 5.32 Å². The topological polar surface area (TPSA) is 96.9 Å². The molecule has 0 radical (unpaired) electrons. The number of carbonyl (C=O) groups excluding carboxylic acids is 3. The summed E-state index contributed by atoms with van der Waals surface area (Å²) in [7, 11) is 0. The highest BCUT2D eigenvalue weighted by atomic mass is 35.5. The Morgan fingerprint density at radius 1 is 0.909 bits per heavy atom. The minimum Gasteiger partial charge on any atom is -0.422 e. The summed E-state index contributed by atoms with van der Waals surface area (Å²) in [6, 6.07) is 18.0. The van der Waals surface area contributed by atoms with Crippen LogP contribution in [0.15, 0.2) is 71.8 Å². The third-order valence-electron chi connectivity index (χ3n) is 4.59. The maximum absolute atomic E-state index is 12.5. The lowest BCUT2D eigenvalue weighted by Gasteiger charge is -2.11. The Balaban J connectivity index is 1.70. The predicted molar refractivity (Wildman–Crippen MR) is 128 cm³/mol. The second kappa shape index (κ2) is 10.8. The molecule has 0 heterocycles. The van der Waals surface area contributed by atoms with Gasteiger partial charge in [0.2, 0.25) is 0 Å². The molecule has 9 heteroatoms. The van der Waals surface area contributed by atoms with E-state index in [4.69, 9.17) is 27.9 Å². The summed E-state index contributed by atoms with van der Waals surface area (Å²) < 4.78 is 5.48. The molecule has 0 atom stereocenters. The van der Waals surface area contributed by atoms with Crippen LogP contribution in [0, 0.1) is 6.92 Å². The fraction of sp³-hybridized carbons (Fsp3) is 0.0833. The monoisotopic (exact) mass is 483 g/mol. The van der Waals surface area contributed by atoms with Gasteiger partial charge in [-0.05, 0) is 61.9 Å².